The Morgan fingerprint density at radius 3 is 2.17 bits per heavy atom. The number of halogens is 1. The molecule has 0 fully saturated rings. The maximum Gasteiger partial charge on any atom is 0.316 e. The van der Waals surface area contributed by atoms with Crippen molar-refractivity contribution in [3.63, 3.8) is 0 Å². The Labute approximate surface area is 139 Å². The van der Waals surface area contributed by atoms with E-state index in [2.05, 4.69) is 0 Å². The predicted molar refractivity (Wildman–Crippen MR) is 88.8 cm³/mol. The molecule has 6 heteroatoms. The van der Waals surface area contributed by atoms with Crippen LogP contribution in [0.15, 0.2) is 18.2 Å². The smallest absolute Gasteiger partial charge is 0.316 e. The minimum Gasteiger partial charge on any atom is -0.504 e. The van der Waals surface area contributed by atoms with Crippen LogP contribution >= 0.6 is 11.6 Å². The van der Waals surface area contributed by atoms with E-state index in [1.165, 1.54) is 14.2 Å². The number of aromatic hydroxyl groups is 1. The Balaban J connectivity index is 2.80. The number of phenols is 1. The molecule has 0 spiro atoms. The van der Waals surface area contributed by atoms with E-state index in [-0.39, 0.29) is 23.0 Å². The Kier molecular flexibility index (Phi) is 4.61. The molecule has 0 heterocycles. The Hall–Kier alpha value is -2.14. The van der Waals surface area contributed by atoms with Crippen molar-refractivity contribution in [2.24, 2.45) is 5.41 Å². The second kappa shape index (κ2) is 6.16. The average molecular weight is 339 g/mol. The molecule has 0 amide bonds. The number of carbonyl (C=O) groups is 1. The maximum atomic E-state index is 12.3. The Bertz CT molecular complexity index is 762. The highest BCUT2D eigenvalue weighted by Crippen LogP contribution is 2.51. The van der Waals surface area contributed by atoms with Gasteiger partial charge in [0.2, 0.25) is 11.5 Å². The van der Waals surface area contributed by atoms with Crippen molar-refractivity contribution in [1.82, 2.24) is 0 Å². The van der Waals surface area contributed by atoms with Crippen molar-refractivity contribution in [1.29, 1.82) is 0 Å². The first kappa shape index (κ1) is 17.2. The number of rotatable bonds is 3. The van der Waals surface area contributed by atoms with E-state index in [0.717, 1.165) is 0 Å². The zero-order chi connectivity index (χ0) is 17.4. The summed E-state index contributed by atoms with van der Waals surface area (Å²) in [7, 11) is 2.80. The van der Waals surface area contributed by atoms with Gasteiger partial charge < -0.3 is 19.3 Å². The first-order valence-corrected chi connectivity index (χ1v) is 7.37. The van der Waals surface area contributed by atoms with Gasteiger partial charge in [-0.1, -0.05) is 11.6 Å². The van der Waals surface area contributed by atoms with E-state index in [9.17, 15) is 9.90 Å². The fourth-order valence-corrected chi connectivity index (χ4v) is 2.26. The van der Waals surface area contributed by atoms with E-state index in [4.69, 9.17) is 25.8 Å². The summed E-state index contributed by atoms with van der Waals surface area (Å²) in [5, 5.41) is 11.7. The summed E-state index contributed by atoms with van der Waals surface area (Å²) in [5.74, 6) is -0.146. The number of ether oxygens (including phenoxy) is 3. The summed E-state index contributed by atoms with van der Waals surface area (Å²) in [6.07, 6.45) is 0. The largest absolute Gasteiger partial charge is 0.504 e. The quantitative estimate of drug-likeness (QED) is 0.672. The normalized spacial score (nSPS) is 11.4. The van der Waals surface area contributed by atoms with Crippen molar-refractivity contribution >= 4 is 28.3 Å². The van der Waals surface area contributed by atoms with Crippen LogP contribution in [0.1, 0.15) is 20.8 Å². The molecule has 2 aromatic carbocycles. The number of esters is 1. The molecule has 0 radical (unpaired) electrons. The van der Waals surface area contributed by atoms with Gasteiger partial charge >= 0.3 is 5.97 Å². The topological polar surface area (TPSA) is 65.0 Å². The molecule has 1 N–H and O–H groups in total. The lowest BCUT2D eigenvalue weighted by Crippen LogP contribution is -2.25. The lowest BCUT2D eigenvalue weighted by atomic mass is 9.97. The number of hydrogen-bond donors (Lipinski definition) is 1. The van der Waals surface area contributed by atoms with E-state index in [1.54, 1.807) is 39.0 Å². The number of hydrogen-bond acceptors (Lipinski definition) is 5. The molecule has 0 atom stereocenters. The molecular formula is C17H19ClO5. The van der Waals surface area contributed by atoms with Crippen molar-refractivity contribution < 1.29 is 24.1 Å². The van der Waals surface area contributed by atoms with Crippen molar-refractivity contribution in [3.05, 3.63) is 23.2 Å². The van der Waals surface area contributed by atoms with Crippen LogP contribution < -0.4 is 14.2 Å². The molecule has 0 saturated carbocycles. The molecule has 0 bridgehead atoms. The van der Waals surface area contributed by atoms with Crippen LogP contribution in [-0.2, 0) is 4.79 Å². The molecule has 5 nitrogen and oxygen atoms in total. The zero-order valence-electron chi connectivity index (χ0n) is 13.7. The number of phenolic OH excluding ortho intramolecular Hbond substituents is 1. The van der Waals surface area contributed by atoms with Gasteiger partial charge in [0, 0.05) is 15.8 Å². The van der Waals surface area contributed by atoms with Gasteiger partial charge in [0.05, 0.1) is 19.6 Å². The van der Waals surface area contributed by atoms with Crippen molar-refractivity contribution in [2.45, 2.75) is 20.8 Å². The van der Waals surface area contributed by atoms with Crippen LogP contribution in [0.25, 0.3) is 10.8 Å². The number of carbonyl (C=O) groups excluding carboxylic acids is 1. The Morgan fingerprint density at radius 1 is 1.04 bits per heavy atom. The van der Waals surface area contributed by atoms with Gasteiger partial charge in [-0.3, -0.25) is 4.79 Å². The predicted octanol–water partition coefficient (Wildman–Crippen LogP) is 4.17. The molecule has 2 rings (SSSR count). The van der Waals surface area contributed by atoms with Crippen LogP contribution in [0.2, 0.25) is 5.02 Å². The highest BCUT2D eigenvalue weighted by Gasteiger charge is 2.29. The lowest BCUT2D eigenvalue weighted by Gasteiger charge is -2.21. The molecule has 0 aromatic heterocycles. The van der Waals surface area contributed by atoms with Crippen LogP contribution in [0.3, 0.4) is 0 Å². The van der Waals surface area contributed by atoms with Crippen LogP contribution in [-0.4, -0.2) is 25.3 Å². The number of benzene rings is 2. The fraction of sp³-hybridized carbons (Fsp3) is 0.353. The molecule has 0 saturated heterocycles. The van der Waals surface area contributed by atoms with Gasteiger partial charge in [0.1, 0.15) is 0 Å². The minimum absolute atomic E-state index is 0.0963. The van der Waals surface area contributed by atoms with Gasteiger partial charge in [-0.05, 0) is 39.0 Å². The SMILES string of the molecule is COc1c(OC)c(OC(=O)C(C)(C)C)c2cc(Cl)ccc2c1O. The molecular weight excluding hydrogens is 320 g/mol. The molecule has 2 aromatic rings. The van der Waals surface area contributed by atoms with E-state index in [1.807, 2.05) is 0 Å². The maximum absolute atomic E-state index is 12.3. The summed E-state index contributed by atoms with van der Waals surface area (Å²) >= 11 is 6.04. The van der Waals surface area contributed by atoms with Gasteiger partial charge in [-0.2, -0.15) is 0 Å². The van der Waals surface area contributed by atoms with Gasteiger partial charge in [-0.15, -0.1) is 0 Å². The van der Waals surface area contributed by atoms with E-state index >= 15 is 0 Å². The summed E-state index contributed by atoms with van der Waals surface area (Å²) in [4.78, 5) is 12.3. The average Bonchev–Trinajstić information content (AvgIpc) is 2.48. The molecule has 0 aliphatic rings. The second-order valence-electron chi connectivity index (χ2n) is 6.07. The first-order valence-electron chi connectivity index (χ1n) is 6.99. The molecule has 0 aliphatic carbocycles. The van der Waals surface area contributed by atoms with Gasteiger partial charge in [0.15, 0.2) is 11.5 Å². The molecule has 0 aliphatic heterocycles. The fourth-order valence-electron chi connectivity index (χ4n) is 2.09. The van der Waals surface area contributed by atoms with Gasteiger partial charge in [-0.25, -0.2) is 0 Å². The summed E-state index contributed by atoms with van der Waals surface area (Å²) < 4.78 is 16.1. The summed E-state index contributed by atoms with van der Waals surface area (Å²) in [6, 6.07) is 4.86. The summed E-state index contributed by atoms with van der Waals surface area (Å²) in [5.41, 5.74) is -0.707. The second-order valence-corrected chi connectivity index (χ2v) is 6.51. The third kappa shape index (κ3) is 3.15. The standard InChI is InChI=1S/C17H19ClO5/c1-17(2,3)16(20)23-13-11-8-9(18)6-7-10(11)12(19)14(21-4)15(13)22-5/h6-8,19H,1-5H3. The lowest BCUT2D eigenvalue weighted by molar-refractivity contribution is -0.143. The Morgan fingerprint density at radius 2 is 1.65 bits per heavy atom. The molecule has 0 unspecified atom stereocenters. The van der Waals surface area contributed by atoms with Gasteiger partial charge in [0.25, 0.3) is 0 Å². The van der Waals surface area contributed by atoms with Crippen LogP contribution in [0.4, 0.5) is 0 Å². The van der Waals surface area contributed by atoms with Crippen LogP contribution in [0.5, 0.6) is 23.0 Å². The summed E-state index contributed by atoms with van der Waals surface area (Å²) in [6.45, 7) is 5.23. The first-order chi connectivity index (χ1) is 10.7. The monoisotopic (exact) mass is 338 g/mol. The third-order valence-electron chi connectivity index (χ3n) is 3.32. The number of fused-ring (bicyclic) bond motifs is 1. The van der Waals surface area contributed by atoms with Crippen molar-refractivity contribution in [2.75, 3.05) is 14.2 Å². The molecule has 124 valence electrons. The van der Waals surface area contributed by atoms with Crippen molar-refractivity contribution in [3.8, 4) is 23.0 Å². The number of methoxy groups -OCH3 is 2. The zero-order valence-corrected chi connectivity index (χ0v) is 14.4. The minimum atomic E-state index is -0.707. The molecule has 23 heavy (non-hydrogen) atoms. The highest BCUT2D eigenvalue weighted by molar-refractivity contribution is 6.31. The van der Waals surface area contributed by atoms with E-state index in [0.29, 0.717) is 15.8 Å². The highest BCUT2D eigenvalue weighted by atomic mass is 35.5. The third-order valence-corrected chi connectivity index (χ3v) is 3.56. The van der Waals surface area contributed by atoms with Crippen LogP contribution in [0, 0.1) is 5.41 Å². The van der Waals surface area contributed by atoms with E-state index < -0.39 is 11.4 Å².